The van der Waals surface area contributed by atoms with Crippen molar-refractivity contribution in [3.8, 4) is 0 Å². The SMILES string of the molecule is [2H][13C]([2H])([C@@H]1CN2CCC1CC2)N1c2ccccc2Sc2ccccc21. The maximum absolute atomic E-state index is 9.19. The van der Waals surface area contributed by atoms with E-state index in [1.165, 1.54) is 0 Å². The second-order valence-electron chi connectivity index (χ2n) is 6.75. The van der Waals surface area contributed by atoms with E-state index in [0.717, 1.165) is 53.6 Å². The molecule has 3 saturated heterocycles. The molecular formula is C20H22N2S. The Balaban J connectivity index is 1.63. The highest BCUT2D eigenvalue weighted by molar-refractivity contribution is 7.99. The molecule has 1 atom stereocenters. The second kappa shape index (κ2) is 5.57. The molecule has 0 saturated carbocycles. The Bertz CT molecular complexity index is 756. The van der Waals surface area contributed by atoms with Crippen LogP contribution in [0.4, 0.5) is 11.4 Å². The van der Waals surface area contributed by atoms with Crippen LogP contribution in [0.1, 0.15) is 15.6 Å². The largest absolute Gasteiger partial charge is 0.339 e. The molecule has 2 bridgehead atoms. The van der Waals surface area contributed by atoms with Crippen molar-refractivity contribution in [3.05, 3.63) is 48.5 Å². The van der Waals surface area contributed by atoms with E-state index < -0.39 is 6.50 Å². The van der Waals surface area contributed by atoms with E-state index in [2.05, 4.69) is 29.2 Å². The molecule has 4 aliphatic heterocycles. The molecule has 0 unspecified atom stereocenters. The van der Waals surface area contributed by atoms with Crippen molar-refractivity contribution >= 4 is 23.1 Å². The molecule has 3 fully saturated rings. The van der Waals surface area contributed by atoms with E-state index in [1.807, 2.05) is 29.2 Å². The fraction of sp³-hybridized carbons (Fsp3) is 0.400. The summed E-state index contributed by atoms with van der Waals surface area (Å²) in [4.78, 5) is 6.72. The summed E-state index contributed by atoms with van der Waals surface area (Å²) in [6.45, 7) is 1.77. The normalized spacial score (nSPS) is 30.3. The van der Waals surface area contributed by atoms with Gasteiger partial charge in [0.15, 0.2) is 0 Å². The Morgan fingerprint density at radius 2 is 1.57 bits per heavy atom. The summed E-state index contributed by atoms with van der Waals surface area (Å²) in [5, 5.41) is 0. The first-order valence-electron chi connectivity index (χ1n) is 9.53. The quantitative estimate of drug-likeness (QED) is 0.743. The van der Waals surface area contributed by atoms with Crippen molar-refractivity contribution in [3.63, 3.8) is 0 Å². The van der Waals surface area contributed by atoms with Crippen molar-refractivity contribution < 1.29 is 2.74 Å². The molecule has 4 heterocycles. The molecule has 3 heteroatoms. The third kappa shape index (κ3) is 2.38. The lowest BCUT2D eigenvalue weighted by atomic mass is 9.82. The van der Waals surface area contributed by atoms with Crippen LogP contribution in [0.25, 0.3) is 0 Å². The molecule has 2 aromatic rings. The minimum Gasteiger partial charge on any atom is -0.339 e. The zero-order valence-corrected chi connectivity index (χ0v) is 13.9. The number of anilines is 2. The average molecular weight is 325 g/mol. The third-order valence-corrected chi connectivity index (χ3v) is 6.51. The fourth-order valence-electron chi connectivity index (χ4n) is 4.12. The third-order valence-electron chi connectivity index (χ3n) is 5.38. The lowest BCUT2D eigenvalue weighted by Gasteiger charge is -2.47. The lowest BCUT2D eigenvalue weighted by molar-refractivity contribution is 0.0553. The zero-order valence-electron chi connectivity index (χ0n) is 15.1. The number of hydrogen-bond acceptors (Lipinski definition) is 3. The number of benzene rings is 2. The summed E-state index contributed by atoms with van der Waals surface area (Å²) in [5.41, 5.74) is 2.01. The van der Waals surface area contributed by atoms with Gasteiger partial charge in [0.1, 0.15) is 0 Å². The first-order valence-corrected chi connectivity index (χ1v) is 9.35. The van der Waals surface area contributed by atoms with Crippen molar-refractivity contribution in [2.75, 3.05) is 31.0 Å². The van der Waals surface area contributed by atoms with Crippen LogP contribution >= 0.6 is 11.8 Å². The summed E-state index contributed by atoms with van der Waals surface area (Å²) in [6, 6.07) is 16.5. The average Bonchev–Trinajstić information content (AvgIpc) is 2.66. The topological polar surface area (TPSA) is 6.48 Å². The molecule has 0 radical (unpaired) electrons. The van der Waals surface area contributed by atoms with Gasteiger partial charge in [-0.05, 0) is 62.0 Å². The molecule has 0 spiro atoms. The molecule has 0 aliphatic carbocycles. The van der Waals surface area contributed by atoms with Gasteiger partial charge in [-0.1, -0.05) is 36.0 Å². The minimum atomic E-state index is -1.39. The Hall–Kier alpha value is -1.45. The van der Waals surface area contributed by atoms with E-state index in [-0.39, 0.29) is 5.92 Å². The van der Waals surface area contributed by atoms with Gasteiger partial charge in [0, 0.05) is 22.8 Å². The molecule has 23 heavy (non-hydrogen) atoms. The van der Waals surface area contributed by atoms with Crippen molar-refractivity contribution in [2.45, 2.75) is 22.6 Å². The molecule has 0 aromatic heterocycles. The Morgan fingerprint density at radius 1 is 0.957 bits per heavy atom. The first-order chi connectivity index (χ1) is 12.1. The molecule has 0 amide bonds. The van der Waals surface area contributed by atoms with Gasteiger partial charge in [-0.25, -0.2) is 0 Å². The van der Waals surface area contributed by atoms with Gasteiger partial charge in [0.25, 0.3) is 0 Å². The molecule has 6 rings (SSSR count). The van der Waals surface area contributed by atoms with Gasteiger partial charge in [0.05, 0.1) is 14.1 Å². The van der Waals surface area contributed by atoms with Gasteiger partial charge in [-0.15, -0.1) is 0 Å². The predicted octanol–water partition coefficient (Wildman–Crippen LogP) is 4.63. The highest BCUT2D eigenvalue weighted by Crippen LogP contribution is 2.48. The lowest BCUT2D eigenvalue weighted by Crippen LogP contribution is -2.50. The standard InChI is InChI=1S/C20H22N2S/c1-3-7-19-17(5-1)22(18-6-2-4-8-20(18)23-19)14-16-13-21-11-9-15(16)10-12-21/h1-8,15-16H,9-14H2/t16-/m0/s1/i14+1D2. The highest BCUT2D eigenvalue weighted by atomic mass is 32.2. The van der Waals surface area contributed by atoms with Crippen LogP contribution in [0.5, 0.6) is 0 Å². The Kier molecular flexibility index (Phi) is 2.90. The van der Waals surface area contributed by atoms with E-state index in [9.17, 15) is 2.74 Å². The predicted molar refractivity (Wildman–Crippen MR) is 96.7 cm³/mol. The second-order valence-corrected chi connectivity index (χ2v) is 7.83. The Morgan fingerprint density at radius 3 is 2.13 bits per heavy atom. The molecule has 4 aliphatic rings. The highest BCUT2D eigenvalue weighted by Gasteiger charge is 2.36. The maximum Gasteiger partial charge on any atom is 0.0552 e. The number of rotatable bonds is 2. The number of para-hydroxylation sites is 2. The molecule has 0 N–H and O–H groups in total. The summed E-state index contributed by atoms with van der Waals surface area (Å²) >= 11 is 1.75. The Labute approximate surface area is 145 Å². The molecule has 118 valence electrons. The van der Waals surface area contributed by atoms with Crippen LogP contribution in [-0.2, 0) is 0 Å². The smallest absolute Gasteiger partial charge is 0.0552 e. The number of hydrogen-bond donors (Lipinski definition) is 0. The summed E-state index contributed by atoms with van der Waals surface area (Å²) < 4.78 is 18.4. The van der Waals surface area contributed by atoms with Gasteiger partial charge >= 0.3 is 0 Å². The van der Waals surface area contributed by atoms with E-state index >= 15 is 0 Å². The maximum atomic E-state index is 9.19. The summed E-state index contributed by atoms with van der Waals surface area (Å²) in [5.74, 6) is 0.549. The fourth-order valence-corrected chi connectivity index (χ4v) is 5.18. The van der Waals surface area contributed by atoms with Gasteiger partial charge in [-0.2, -0.15) is 0 Å². The molecule has 2 aromatic carbocycles. The van der Waals surface area contributed by atoms with E-state index in [4.69, 9.17) is 0 Å². The number of piperidine rings is 3. The molecular weight excluding hydrogens is 301 g/mol. The monoisotopic (exact) mass is 325 g/mol. The minimum absolute atomic E-state index is 0.0548. The number of fused-ring (bicyclic) bond motifs is 5. The van der Waals surface area contributed by atoms with Gasteiger partial charge in [-0.3, -0.25) is 0 Å². The first kappa shape index (κ1) is 12.0. The van der Waals surface area contributed by atoms with Crippen LogP contribution in [0, 0.1) is 11.8 Å². The summed E-state index contributed by atoms with van der Waals surface area (Å²) in [6.07, 6.45) is 2.27. The van der Waals surface area contributed by atoms with Crippen molar-refractivity contribution in [2.24, 2.45) is 11.8 Å². The van der Waals surface area contributed by atoms with Crippen LogP contribution in [0.3, 0.4) is 0 Å². The van der Waals surface area contributed by atoms with Crippen LogP contribution < -0.4 is 4.90 Å². The molecule has 2 nitrogen and oxygen atoms in total. The van der Waals surface area contributed by atoms with E-state index in [0.29, 0.717) is 5.92 Å². The van der Waals surface area contributed by atoms with Crippen LogP contribution in [0.15, 0.2) is 58.3 Å². The zero-order chi connectivity index (χ0) is 17.0. The summed E-state index contributed by atoms with van der Waals surface area (Å²) in [7, 11) is 0. The van der Waals surface area contributed by atoms with Crippen molar-refractivity contribution in [1.82, 2.24) is 4.90 Å². The van der Waals surface area contributed by atoms with Crippen LogP contribution in [0.2, 0.25) is 0 Å². The number of nitrogens with zero attached hydrogens (tertiary/aromatic N) is 2. The van der Waals surface area contributed by atoms with Gasteiger partial charge in [0.2, 0.25) is 0 Å². The van der Waals surface area contributed by atoms with Crippen molar-refractivity contribution in [1.29, 1.82) is 0 Å². The van der Waals surface area contributed by atoms with E-state index in [1.54, 1.807) is 11.8 Å². The van der Waals surface area contributed by atoms with Gasteiger partial charge < -0.3 is 9.80 Å². The van der Waals surface area contributed by atoms with Crippen LogP contribution in [-0.4, -0.2) is 31.0 Å².